The summed E-state index contributed by atoms with van der Waals surface area (Å²) in [4.78, 5) is 8.05. The predicted molar refractivity (Wildman–Crippen MR) is 101 cm³/mol. The highest BCUT2D eigenvalue weighted by Gasteiger charge is 2.32. The molecule has 2 aliphatic rings. The van der Waals surface area contributed by atoms with E-state index in [1.165, 1.54) is 4.90 Å². The van der Waals surface area contributed by atoms with Gasteiger partial charge in [-0.25, -0.2) is 0 Å². The van der Waals surface area contributed by atoms with Crippen molar-refractivity contribution >= 4 is 41.7 Å². The highest BCUT2D eigenvalue weighted by molar-refractivity contribution is 14.0. The average Bonchev–Trinajstić information content (AvgIpc) is 2.48. The van der Waals surface area contributed by atoms with Crippen molar-refractivity contribution in [1.82, 2.24) is 9.80 Å². The summed E-state index contributed by atoms with van der Waals surface area (Å²) >= 11 is 1.93. The van der Waals surface area contributed by atoms with E-state index in [-0.39, 0.29) is 24.0 Å². The predicted octanol–water partition coefficient (Wildman–Crippen LogP) is 2.63. The molecule has 0 aromatic rings. The lowest BCUT2D eigenvalue weighted by Gasteiger charge is -2.32. The number of thioether (sulfide) groups is 1. The number of piperidine rings is 1. The summed E-state index contributed by atoms with van der Waals surface area (Å²) in [6.07, 6.45) is -1.51. The average molecular weight is 466 g/mol. The van der Waals surface area contributed by atoms with Crippen LogP contribution >= 0.6 is 35.7 Å². The van der Waals surface area contributed by atoms with Crippen molar-refractivity contribution in [1.29, 1.82) is 0 Å². The minimum absolute atomic E-state index is 0. The molecule has 23 heavy (non-hydrogen) atoms. The number of aliphatic imine (C=N–C) groups is 1. The van der Waals surface area contributed by atoms with Gasteiger partial charge in [-0.15, -0.1) is 24.0 Å². The van der Waals surface area contributed by atoms with Crippen molar-refractivity contribution in [3.05, 3.63) is 0 Å². The zero-order chi connectivity index (χ0) is 16.0. The second-order valence-electron chi connectivity index (χ2n) is 5.96. The Labute approximate surface area is 157 Å². The van der Waals surface area contributed by atoms with Gasteiger partial charge in [-0.2, -0.15) is 24.9 Å². The monoisotopic (exact) mass is 466 g/mol. The smallest absolute Gasteiger partial charge is 0.370 e. The number of alkyl halides is 3. The minimum Gasteiger partial charge on any atom is -0.370 e. The lowest BCUT2D eigenvalue weighted by molar-refractivity contribution is -0.148. The van der Waals surface area contributed by atoms with Crippen molar-refractivity contribution < 1.29 is 13.2 Å². The summed E-state index contributed by atoms with van der Waals surface area (Å²) in [7, 11) is 0. The third-order valence-corrected chi connectivity index (χ3v) is 5.20. The van der Waals surface area contributed by atoms with E-state index in [1.54, 1.807) is 0 Å². The quantitative estimate of drug-likeness (QED) is 0.393. The van der Waals surface area contributed by atoms with E-state index >= 15 is 0 Å². The van der Waals surface area contributed by atoms with E-state index < -0.39 is 12.7 Å². The van der Waals surface area contributed by atoms with E-state index in [1.807, 2.05) is 11.8 Å². The maximum Gasteiger partial charge on any atom is 0.401 e. The van der Waals surface area contributed by atoms with Crippen molar-refractivity contribution in [2.24, 2.45) is 16.6 Å². The maximum absolute atomic E-state index is 12.3. The zero-order valence-electron chi connectivity index (χ0n) is 13.2. The van der Waals surface area contributed by atoms with Gasteiger partial charge in [0.25, 0.3) is 0 Å². The molecule has 0 radical (unpaired) electrons. The van der Waals surface area contributed by atoms with Crippen LogP contribution < -0.4 is 5.73 Å². The fourth-order valence-corrected chi connectivity index (χ4v) is 3.84. The standard InChI is InChI=1S/C14H25F3N4S.HI/c15-14(16,17)11-20-5-2-12(3-6-20)1-4-19-13(18)21-7-9-22-10-8-21;/h12H,1-11H2,(H2,18,19);1H. The Morgan fingerprint density at radius 3 is 2.30 bits per heavy atom. The second-order valence-corrected chi connectivity index (χ2v) is 7.19. The molecule has 2 saturated heterocycles. The minimum atomic E-state index is -4.09. The van der Waals surface area contributed by atoms with Gasteiger partial charge in [0.05, 0.1) is 6.54 Å². The summed E-state index contributed by atoms with van der Waals surface area (Å²) in [5.41, 5.74) is 5.99. The van der Waals surface area contributed by atoms with Gasteiger partial charge in [0.15, 0.2) is 5.96 Å². The van der Waals surface area contributed by atoms with E-state index in [2.05, 4.69) is 9.89 Å². The summed E-state index contributed by atoms with van der Waals surface area (Å²) in [6.45, 7) is 2.88. The third kappa shape index (κ3) is 8.15. The number of nitrogens with two attached hydrogens (primary N) is 1. The third-order valence-electron chi connectivity index (χ3n) is 4.26. The van der Waals surface area contributed by atoms with Crippen molar-refractivity contribution in [2.45, 2.75) is 25.4 Å². The molecule has 0 spiro atoms. The second kappa shape index (κ2) is 10.2. The van der Waals surface area contributed by atoms with Crippen LogP contribution in [0.25, 0.3) is 0 Å². The first-order chi connectivity index (χ1) is 10.4. The van der Waals surface area contributed by atoms with Crippen LogP contribution in [0.15, 0.2) is 4.99 Å². The highest BCUT2D eigenvalue weighted by Crippen LogP contribution is 2.24. The molecule has 9 heteroatoms. The number of nitrogens with zero attached hydrogens (tertiary/aromatic N) is 3. The van der Waals surface area contributed by atoms with Crippen LogP contribution in [-0.4, -0.2) is 72.7 Å². The van der Waals surface area contributed by atoms with E-state index in [9.17, 15) is 13.2 Å². The number of rotatable bonds is 4. The van der Waals surface area contributed by atoms with E-state index in [0.29, 0.717) is 31.5 Å². The molecule has 2 N–H and O–H groups in total. The molecule has 0 aromatic heterocycles. The molecule has 2 aliphatic heterocycles. The number of likely N-dealkylation sites (tertiary alicyclic amines) is 1. The van der Waals surface area contributed by atoms with Crippen molar-refractivity contribution in [3.63, 3.8) is 0 Å². The molecule has 136 valence electrons. The van der Waals surface area contributed by atoms with Gasteiger partial charge < -0.3 is 10.6 Å². The molecule has 0 amide bonds. The summed E-state index contributed by atoms with van der Waals surface area (Å²) in [5, 5.41) is 0. The Morgan fingerprint density at radius 2 is 1.74 bits per heavy atom. The Morgan fingerprint density at radius 1 is 1.13 bits per heavy atom. The van der Waals surface area contributed by atoms with Crippen LogP contribution in [0.2, 0.25) is 0 Å². The van der Waals surface area contributed by atoms with Crippen LogP contribution in [0.3, 0.4) is 0 Å². The lowest BCUT2D eigenvalue weighted by Crippen LogP contribution is -2.43. The largest absolute Gasteiger partial charge is 0.401 e. The zero-order valence-corrected chi connectivity index (χ0v) is 16.4. The first kappa shape index (κ1) is 21.1. The molecule has 4 nitrogen and oxygen atoms in total. The molecule has 0 bridgehead atoms. The molecule has 2 heterocycles. The van der Waals surface area contributed by atoms with Gasteiger partial charge >= 0.3 is 6.18 Å². The molecule has 2 fully saturated rings. The summed E-state index contributed by atoms with van der Waals surface area (Å²) in [5.74, 6) is 3.27. The van der Waals surface area contributed by atoms with Crippen LogP contribution in [0.1, 0.15) is 19.3 Å². The Balaban J connectivity index is 0.00000264. The van der Waals surface area contributed by atoms with Gasteiger partial charge in [0.1, 0.15) is 0 Å². The first-order valence-corrected chi connectivity index (χ1v) is 9.01. The van der Waals surface area contributed by atoms with Gasteiger partial charge in [-0.05, 0) is 38.3 Å². The van der Waals surface area contributed by atoms with Crippen molar-refractivity contribution in [3.8, 4) is 0 Å². The Hall–Kier alpha value is 0.100. The fraction of sp³-hybridized carbons (Fsp3) is 0.929. The fourth-order valence-electron chi connectivity index (χ4n) is 2.94. The van der Waals surface area contributed by atoms with Crippen LogP contribution in [0.5, 0.6) is 0 Å². The molecule has 0 unspecified atom stereocenters. The molecule has 2 rings (SSSR count). The molecule has 0 saturated carbocycles. The Kier molecular flexibility index (Phi) is 9.35. The molecule has 0 aliphatic carbocycles. The number of hydrogen-bond donors (Lipinski definition) is 1. The molecular weight excluding hydrogens is 440 g/mol. The Bertz CT molecular complexity index is 368. The van der Waals surface area contributed by atoms with Gasteiger partial charge in [0, 0.05) is 31.1 Å². The van der Waals surface area contributed by atoms with Crippen LogP contribution in [0.4, 0.5) is 13.2 Å². The molecular formula is C14H26F3IN4S. The maximum atomic E-state index is 12.3. The first-order valence-electron chi connectivity index (χ1n) is 7.86. The van der Waals surface area contributed by atoms with E-state index in [4.69, 9.17) is 5.73 Å². The number of guanidine groups is 1. The van der Waals surface area contributed by atoms with Gasteiger partial charge in [0.2, 0.25) is 0 Å². The van der Waals surface area contributed by atoms with Gasteiger partial charge in [-0.1, -0.05) is 0 Å². The van der Waals surface area contributed by atoms with Crippen LogP contribution in [0, 0.1) is 5.92 Å². The topological polar surface area (TPSA) is 44.9 Å². The highest BCUT2D eigenvalue weighted by atomic mass is 127. The summed E-state index contributed by atoms with van der Waals surface area (Å²) < 4.78 is 37.0. The van der Waals surface area contributed by atoms with Crippen molar-refractivity contribution in [2.75, 3.05) is 50.8 Å². The molecule has 0 atom stereocenters. The molecule has 0 aromatic carbocycles. The van der Waals surface area contributed by atoms with Gasteiger partial charge in [-0.3, -0.25) is 9.89 Å². The van der Waals surface area contributed by atoms with Crippen LogP contribution in [-0.2, 0) is 0 Å². The number of hydrogen-bond acceptors (Lipinski definition) is 3. The number of halogens is 4. The van der Waals surface area contributed by atoms with E-state index in [0.717, 1.165) is 43.9 Å². The lowest BCUT2D eigenvalue weighted by atomic mass is 9.93. The normalized spacial score (nSPS) is 22.0. The SMILES string of the molecule is I.NC(=NCCC1CCN(CC(F)(F)F)CC1)N1CCSCC1. The summed E-state index contributed by atoms with van der Waals surface area (Å²) in [6, 6.07) is 0.